The number of alkyl halides is 3. The number of nitrogens with one attached hydrogen (secondary N) is 2. The third-order valence-corrected chi connectivity index (χ3v) is 5.57. The van der Waals surface area contributed by atoms with Gasteiger partial charge in [0.25, 0.3) is 11.8 Å². The number of amides is 3. The summed E-state index contributed by atoms with van der Waals surface area (Å²) in [5.41, 5.74) is 11.1. The van der Waals surface area contributed by atoms with Crippen LogP contribution in [0.2, 0.25) is 0 Å². The van der Waals surface area contributed by atoms with Gasteiger partial charge in [-0.3, -0.25) is 19.4 Å². The lowest BCUT2D eigenvalue weighted by atomic mass is 10.2. The maximum Gasteiger partial charge on any atom is 0.471 e. The summed E-state index contributed by atoms with van der Waals surface area (Å²) in [6, 6.07) is 2.27. The molecule has 0 radical (unpaired) electrons. The van der Waals surface area contributed by atoms with Crippen molar-refractivity contribution in [3.05, 3.63) is 34.2 Å². The normalized spacial score (nSPS) is 18.5. The molecule has 0 spiro atoms. The number of hydrogen-bond donors (Lipinski definition) is 4. The van der Waals surface area contributed by atoms with E-state index in [0.29, 0.717) is 13.2 Å². The van der Waals surface area contributed by atoms with Crippen LogP contribution in [0.4, 0.5) is 13.2 Å². The van der Waals surface area contributed by atoms with E-state index < -0.39 is 30.2 Å². The maximum absolute atomic E-state index is 12.7. The zero-order valence-corrected chi connectivity index (χ0v) is 17.8. The highest BCUT2D eigenvalue weighted by Gasteiger charge is 2.39. The minimum Gasteiger partial charge on any atom is -0.405 e. The molecule has 176 valence electrons. The molecule has 2 heterocycles. The molecule has 6 N–H and O–H groups in total. The van der Waals surface area contributed by atoms with Crippen LogP contribution in [-0.2, 0) is 14.3 Å². The smallest absolute Gasteiger partial charge is 0.405 e. The molecule has 1 aliphatic rings. The van der Waals surface area contributed by atoms with Gasteiger partial charge in [0.2, 0.25) is 0 Å². The average Bonchev–Trinajstić information content (AvgIpc) is 3.25. The molecule has 10 nitrogen and oxygen atoms in total. The number of aliphatic imine (C=N–C) groups is 1. The summed E-state index contributed by atoms with van der Waals surface area (Å²) in [5, 5.41) is 4.29. The lowest BCUT2D eigenvalue weighted by molar-refractivity contribution is -0.174. The Bertz CT molecular complexity index is 902. The van der Waals surface area contributed by atoms with E-state index in [-0.39, 0.29) is 34.5 Å². The van der Waals surface area contributed by atoms with Gasteiger partial charge in [-0.2, -0.15) is 13.2 Å². The van der Waals surface area contributed by atoms with Crippen LogP contribution in [0.5, 0.6) is 0 Å². The highest BCUT2D eigenvalue weighted by Crippen LogP contribution is 2.22. The second-order valence-electron chi connectivity index (χ2n) is 6.56. The van der Waals surface area contributed by atoms with Crippen LogP contribution in [0.25, 0.3) is 0 Å². The number of thiophene rings is 1. The second-order valence-corrected chi connectivity index (χ2v) is 7.67. The monoisotopic (exact) mass is 476 g/mol. The van der Waals surface area contributed by atoms with Crippen LogP contribution in [0.3, 0.4) is 0 Å². The van der Waals surface area contributed by atoms with E-state index >= 15 is 0 Å². The van der Waals surface area contributed by atoms with Crippen molar-refractivity contribution in [3.8, 4) is 0 Å². The molecule has 2 atom stereocenters. The number of nitrogens with zero attached hydrogens (tertiary/aromatic N) is 2. The van der Waals surface area contributed by atoms with E-state index in [1.54, 1.807) is 5.32 Å². The topological polar surface area (TPSA) is 152 Å². The lowest BCUT2D eigenvalue weighted by Crippen LogP contribution is -2.55. The maximum atomic E-state index is 12.7. The van der Waals surface area contributed by atoms with Gasteiger partial charge in [0.1, 0.15) is 11.9 Å². The highest BCUT2D eigenvalue weighted by atomic mass is 32.1. The summed E-state index contributed by atoms with van der Waals surface area (Å²) in [6.07, 6.45) is -3.91. The molecule has 0 aromatic carbocycles. The summed E-state index contributed by atoms with van der Waals surface area (Å²) in [6.45, 7) is 0.889. The second kappa shape index (κ2) is 11.1. The van der Waals surface area contributed by atoms with E-state index in [1.807, 2.05) is 0 Å². The van der Waals surface area contributed by atoms with Crippen molar-refractivity contribution < 1.29 is 32.3 Å². The molecule has 3 amide bonds. The van der Waals surface area contributed by atoms with Crippen molar-refractivity contribution in [2.45, 2.75) is 18.4 Å². The van der Waals surface area contributed by atoms with Crippen LogP contribution in [-0.4, -0.2) is 73.9 Å². The predicted octanol–water partition coefficient (Wildman–Crippen LogP) is -0.116. The van der Waals surface area contributed by atoms with Crippen molar-refractivity contribution in [2.24, 2.45) is 16.5 Å². The van der Waals surface area contributed by atoms with E-state index in [4.69, 9.17) is 16.2 Å². The first kappa shape index (κ1) is 25.3. The first-order valence-electron chi connectivity index (χ1n) is 9.33. The molecular weight excluding hydrogens is 453 g/mol. The molecule has 2 unspecified atom stereocenters. The summed E-state index contributed by atoms with van der Waals surface area (Å²) in [5.74, 6) is -3.05. The number of carbonyl (C=O) groups is 3. The fourth-order valence-electron chi connectivity index (χ4n) is 2.80. The molecule has 1 aliphatic heterocycles. The number of halogens is 3. The zero-order chi connectivity index (χ0) is 23.9. The van der Waals surface area contributed by atoms with Crippen LogP contribution in [0.15, 0.2) is 29.4 Å². The van der Waals surface area contributed by atoms with E-state index in [0.717, 1.165) is 11.3 Å². The van der Waals surface area contributed by atoms with Crippen molar-refractivity contribution in [1.29, 1.82) is 0 Å². The zero-order valence-electron chi connectivity index (χ0n) is 17.0. The first-order valence-corrected chi connectivity index (χ1v) is 10.1. The average molecular weight is 476 g/mol. The minimum atomic E-state index is -5.07. The fourth-order valence-corrected chi connectivity index (χ4v) is 3.68. The summed E-state index contributed by atoms with van der Waals surface area (Å²) < 4.78 is 42.5. The predicted molar refractivity (Wildman–Crippen MR) is 111 cm³/mol. The lowest BCUT2D eigenvalue weighted by Gasteiger charge is -2.35. The molecule has 1 saturated heterocycles. The van der Waals surface area contributed by atoms with Crippen LogP contribution >= 0.6 is 11.3 Å². The summed E-state index contributed by atoms with van der Waals surface area (Å²) in [4.78, 5) is 41.9. The third-order valence-electron chi connectivity index (χ3n) is 4.40. The standard InChI is InChI=1S/C18H23F3N6O4S/c1-24-11(4-5-22)16(29)27-6-7-31-9-10(27)8-25-15(28)13-3-2-12(32-13)14(23)26-17(30)18(19,20)21/h2-5,10,14H,6-9,22-23H2,1H3,(H,25,28)(H,26,30). The van der Waals surface area contributed by atoms with Gasteiger partial charge in [-0.05, 0) is 24.4 Å². The van der Waals surface area contributed by atoms with Crippen molar-refractivity contribution in [2.75, 3.05) is 33.4 Å². The molecule has 32 heavy (non-hydrogen) atoms. The Morgan fingerprint density at radius 2 is 2.12 bits per heavy atom. The van der Waals surface area contributed by atoms with E-state index in [1.165, 1.54) is 36.4 Å². The number of nitrogens with two attached hydrogens (primary N) is 2. The summed E-state index contributed by atoms with van der Waals surface area (Å²) in [7, 11) is 1.46. The number of hydrogen-bond acceptors (Lipinski definition) is 8. The van der Waals surface area contributed by atoms with Crippen LogP contribution in [0, 0.1) is 0 Å². The Morgan fingerprint density at radius 3 is 2.75 bits per heavy atom. The van der Waals surface area contributed by atoms with Gasteiger partial charge in [0.05, 0.1) is 24.1 Å². The Labute approximate surface area is 185 Å². The van der Waals surface area contributed by atoms with Crippen molar-refractivity contribution in [1.82, 2.24) is 15.5 Å². The molecule has 1 fully saturated rings. The van der Waals surface area contributed by atoms with Crippen molar-refractivity contribution >= 4 is 34.8 Å². The summed E-state index contributed by atoms with van der Waals surface area (Å²) >= 11 is 0.837. The Balaban J connectivity index is 1.99. The minimum absolute atomic E-state index is 0.0675. The van der Waals surface area contributed by atoms with Gasteiger partial charge in [0, 0.05) is 25.0 Å². The molecule has 14 heteroatoms. The van der Waals surface area contributed by atoms with E-state index in [9.17, 15) is 27.6 Å². The molecule has 1 aromatic heterocycles. The molecule has 0 aliphatic carbocycles. The van der Waals surface area contributed by atoms with Gasteiger partial charge in [-0.15, -0.1) is 11.3 Å². The molecule has 0 saturated carbocycles. The van der Waals surface area contributed by atoms with Gasteiger partial charge in [-0.25, -0.2) is 0 Å². The molecule has 2 rings (SSSR count). The fraction of sp³-hybridized carbons (Fsp3) is 0.444. The number of ether oxygens (including phenoxy) is 1. The molecule has 1 aromatic rings. The quantitative estimate of drug-likeness (QED) is 0.318. The third kappa shape index (κ3) is 6.51. The van der Waals surface area contributed by atoms with Gasteiger partial charge in [-0.1, -0.05) is 0 Å². The van der Waals surface area contributed by atoms with Crippen LogP contribution in [0.1, 0.15) is 20.7 Å². The van der Waals surface area contributed by atoms with Gasteiger partial charge < -0.3 is 31.7 Å². The van der Waals surface area contributed by atoms with Gasteiger partial charge >= 0.3 is 12.1 Å². The number of carbonyl (C=O) groups excluding carboxylic acids is 3. The first-order chi connectivity index (χ1) is 15.1. The van der Waals surface area contributed by atoms with Crippen molar-refractivity contribution in [3.63, 3.8) is 0 Å². The number of rotatable bonds is 7. The Hall–Kier alpha value is -2.97. The van der Waals surface area contributed by atoms with Gasteiger partial charge in [0.15, 0.2) is 0 Å². The largest absolute Gasteiger partial charge is 0.471 e. The molecular formula is C18H23F3N6O4S. The highest BCUT2D eigenvalue weighted by molar-refractivity contribution is 7.14. The Morgan fingerprint density at radius 1 is 1.41 bits per heavy atom. The number of morpholine rings is 1. The molecule has 0 bridgehead atoms. The van der Waals surface area contributed by atoms with Crippen LogP contribution < -0.4 is 22.1 Å². The SMILES string of the molecule is CN=C(C=CN)C(=O)N1CCOCC1CNC(=O)c1ccc(C(N)NC(=O)C(F)(F)F)s1. The Kier molecular flexibility index (Phi) is 8.74. The van der Waals surface area contributed by atoms with E-state index in [2.05, 4.69) is 10.3 Å².